The number of aliphatic hydroxyl groups is 1. The third-order valence-corrected chi connectivity index (χ3v) is 6.31. The summed E-state index contributed by atoms with van der Waals surface area (Å²) in [6.07, 6.45) is 5.51. The van der Waals surface area contributed by atoms with Gasteiger partial charge in [0.1, 0.15) is 6.10 Å². The second kappa shape index (κ2) is 13.5. The molecule has 0 aromatic carbocycles. The van der Waals surface area contributed by atoms with E-state index in [0.717, 1.165) is 31.4 Å². The van der Waals surface area contributed by atoms with Gasteiger partial charge in [-0.05, 0) is 44.7 Å². The monoisotopic (exact) mass is 479 g/mol. The topological polar surface area (TPSA) is 96.3 Å². The first-order valence-electron chi connectivity index (χ1n) is 12.7. The molecule has 0 bridgehead atoms. The highest BCUT2D eigenvalue weighted by Crippen LogP contribution is 2.33. The van der Waals surface area contributed by atoms with Gasteiger partial charge >= 0.3 is 5.97 Å². The number of hydrogen-bond acceptors (Lipinski definition) is 8. The lowest BCUT2D eigenvalue weighted by Gasteiger charge is -2.38. The van der Waals surface area contributed by atoms with Gasteiger partial charge in [0.25, 0.3) is 0 Å². The zero-order chi connectivity index (χ0) is 24.5. The smallest absolute Gasteiger partial charge is 0.302 e. The molecule has 2 aliphatic rings. The summed E-state index contributed by atoms with van der Waals surface area (Å²) in [6, 6.07) is 5.68. The first kappa shape index (κ1) is 27.0. The number of pyridine rings is 1. The van der Waals surface area contributed by atoms with Gasteiger partial charge in [-0.25, -0.2) is 0 Å². The number of carbonyl (C=O) groups is 1. The highest BCUT2D eigenvalue weighted by atomic mass is 16.7. The van der Waals surface area contributed by atoms with Crippen molar-refractivity contribution in [2.24, 2.45) is 0 Å². The molecule has 2 saturated heterocycles. The van der Waals surface area contributed by atoms with Gasteiger partial charge in [-0.1, -0.05) is 26.3 Å². The number of hydrogen-bond donors (Lipinski definition) is 1. The number of carbonyl (C=O) groups excluding carboxylic acids is 1. The van der Waals surface area contributed by atoms with Crippen LogP contribution in [0.1, 0.15) is 91.0 Å². The zero-order valence-corrected chi connectivity index (χ0v) is 20.9. The molecule has 8 nitrogen and oxygen atoms in total. The van der Waals surface area contributed by atoms with E-state index in [1.54, 1.807) is 6.20 Å². The van der Waals surface area contributed by atoms with Crippen LogP contribution in [0.3, 0.4) is 0 Å². The van der Waals surface area contributed by atoms with Crippen LogP contribution in [0.5, 0.6) is 0 Å². The standard InChI is InChI=1S/C26H41NO7/c1-5-9-25-31-21(12-17(3)30-18(4)28)16-22(32-25)13-19(29)14-23-15-20(6-2)33-26(34-23)24-10-7-8-11-27-24/h7-8,10-11,17,19-23,25-26,29H,5-6,9,12-16H2,1-4H3. The van der Waals surface area contributed by atoms with Crippen LogP contribution in [0, 0.1) is 0 Å². The Morgan fingerprint density at radius 2 is 1.71 bits per heavy atom. The van der Waals surface area contributed by atoms with E-state index in [0.29, 0.717) is 25.7 Å². The first-order valence-corrected chi connectivity index (χ1v) is 12.7. The Balaban J connectivity index is 1.55. The van der Waals surface area contributed by atoms with Crippen molar-refractivity contribution in [2.75, 3.05) is 0 Å². The molecule has 0 saturated carbocycles. The summed E-state index contributed by atoms with van der Waals surface area (Å²) in [5.41, 5.74) is 0.750. The Hall–Kier alpha value is -1.58. The lowest BCUT2D eigenvalue weighted by Crippen LogP contribution is -2.42. The van der Waals surface area contributed by atoms with E-state index in [4.69, 9.17) is 23.7 Å². The summed E-state index contributed by atoms with van der Waals surface area (Å²) in [5, 5.41) is 10.9. The maximum absolute atomic E-state index is 11.3. The normalized spacial score (nSPS) is 31.6. The molecule has 1 aromatic rings. The third kappa shape index (κ3) is 8.57. The summed E-state index contributed by atoms with van der Waals surface area (Å²) in [4.78, 5) is 15.7. The van der Waals surface area contributed by atoms with Gasteiger partial charge in [0.05, 0.1) is 36.2 Å². The minimum Gasteiger partial charge on any atom is -0.463 e. The average Bonchev–Trinajstić information content (AvgIpc) is 2.78. The van der Waals surface area contributed by atoms with Crippen LogP contribution in [-0.4, -0.2) is 59.0 Å². The molecule has 192 valence electrons. The van der Waals surface area contributed by atoms with Crippen LogP contribution >= 0.6 is 0 Å². The van der Waals surface area contributed by atoms with Crippen LogP contribution < -0.4 is 0 Å². The molecule has 0 radical (unpaired) electrons. The molecular formula is C26H41NO7. The molecule has 1 N–H and O–H groups in total. The van der Waals surface area contributed by atoms with Crippen molar-refractivity contribution in [2.45, 2.75) is 128 Å². The fourth-order valence-electron chi connectivity index (χ4n) is 4.80. The highest BCUT2D eigenvalue weighted by Gasteiger charge is 2.35. The zero-order valence-electron chi connectivity index (χ0n) is 20.9. The van der Waals surface area contributed by atoms with E-state index >= 15 is 0 Å². The molecule has 0 amide bonds. The summed E-state index contributed by atoms with van der Waals surface area (Å²) in [7, 11) is 0. The van der Waals surface area contributed by atoms with Gasteiger partial charge in [-0.2, -0.15) is 0 Å². The van der Waals surface area contributed by atoms with Gasteiger partial charge in [0.2, 0.25) is 6.29 Å². The second-order valence-electron chi connectivity index (χ2n) is 9.50. The Bertz CT molecular complexity index is 733. The first-order chi connectivity index (χ1) is 16.4. The summed E-state index contributed by atoms with van der Waals surface area (Å²) < 4.78 is 29.8. The van der Waals surface area contributed by atoms with E-state index in [9.17, 15) is 9.90 Å². The predicted octanol–water partition coefficient (Wildman–Crippen LogP) is 4.45. The molecule has 0 aliphatic carbocycles. The molecule has 0 spiro atoms. The van der Waals surface area contributed by atoms with Gasteiger partial charge in [-0.15, -0.1) is 0 Å². The van der Waals surface area contributed by atoms with Gasteiger partial charge < -0.3 is 28.8 Å². The van der Waals surface area contributed by atoms with E-state index < -0.39 is 12.4 Å². The number of ether oxygens (including phenoxy) is 5. The number of nitrogens with zero attached hydrogens (tertiary/aromatic N) is 1. The number of aromatic nitrogens is 1. The van der Waals surface area contributed by atoms with E-state index in [-0.39, 0.29) is 42.8 Å². The molecule has 2 aliphatic heterocycles. The molecule has 1 aromatic heterocycles. The van der Waals surface area contributed by atoms with Crippen LogP contribution in [0.25, 0.3) is 0 Å². The Morgan fingerprint density at radius 3 is 2.32 bits per heavy atom. The van der Waals surface area contributed by atoms with Gasteiger partial charge in [-0.3, -0.25) is 9.78 Å². The van der Waals surface area contributed by atoms with Gasteiger partial charge in [0.15, 0.2) is 6.29 Å². The minimum absolute atomic E-state index is 0.0679. The SMILES string of the molecule is CCCC1OC(CC(O)CC2CC(CC)OC(c3ccccn3)O2)CC(CC(C)OC(C)=O)O1. The predicted molar refractivity (Wildman–Crippen MR) is 126 cm³/mol. The van der Waals surface area contributed by atoms with E-state index in [2.05, 4.69) is 18.8 Å². The van der Waals surface area contributed by atoms with Crippen LogP contribution in [0.15, 0.2) is 24.4 Å². The van der Waals surface area contributed by atoms with Crippen LogP contribution in [0.2, 0.25) is 0 Å². The molecule has 8 heteroatoms. The van der Waals surface area contributed by atoms with Crippen LogP contribution in [-0.2, 0) is 28.5 Å². The van der Waals surface area contributed by atoms with Crippen molar-refractivity contribution in [1.29, 1.82) is 0 Å². The quantitative estimate of drug-likeness (QED) is 0.465. The Labute approximate surface area is 203 Å². The van der Waals surface area contributed by atoms with E-state index in [1.165, 1.54) is 6.92 Å². The summed E-state index contributed by atoms with van der Waals surface area (Å²) in [6.45, 7) is 7.48. The van der Waals surface area contributed by atoms with Gasteiger partial charge in [0, 0.05) is 32.4 Å². The van der Waals surface area contributed by atoms with Crippen molar-refractivity contribution < 1.29 is 33.6 Å². The van der Waals surface area contributed by atoms with Crippen molar-refractivity contribution in [3.05, 3.63) is 30.1 Å². The van der Waals surface area contributed by atoms with Crippen LogP contribution in [0.4, 0.5) is 0 Å². The molecule has 3 heterocycles. The largest absolute Gasteiger partial charge is 0.463 e. The maximum Gasteiger partial charge on any atom is 0.302 e. The van der Waals surface area contributed by atoms with Crippen molar-refractivity contribution >= 4 is 5.97 Å². The third-order valence-electron chi connectivity index (χ3n) is 6.31. The second-order valence-corrected chi connectivity index (χ2v) is 9.50. The highest BCUT2D eigenvalue weighted by molar-refractivity contribution is 5.66. The maximum atomic E-state index is 11.3. The molecule has 8 unspecified atom stereocenters. The summed E-state index contributed by atoms with van der Waals surface area (Å²) >= 11 is 0. The molecular weight excluding hydrogens is 438 g/mol. The Morgan fingerprint density at radius 1 is 1.06 bits per heavy atom. The lowest BCUT2D eigenvalue weighted by atomic mass is 9.95. The average molecular weight is 480 g/mol. The fraction of sp³-hybridized carbons (Fsp3) is 0.769. The lowest BCUT2D eigenvalue weighted by molar-refractivity contribution is -0.261. The minimum atomic E-state index is -0.568. The van der Waals surface area contributed by atoms with E-state index in [1.807, 2.05) is 25.1 Å². The van der Waals surface area contributed by atoms with Crippen molar-refractivity contribution in [3.63, 3.8) is 0 Å². The fourth-order valence-corrected chi connectivity index (χ4v) is 4.80. The Kier molecular flexibility index (Phi) is 10.7. The number of rotatable bonds is 11. The molecule has 34 heavy (non-hydrogen) atoms. The van der Waals surface area contributed by atoms with Crippen molar-refractivity contribution in [3.8, 4) is 0 Å². The molecule has 8 atom stereocenters. The number of esters is 1. The molecule has 2 fully saturated rings. The number of aliphatic hydroxyl groups excluding tert-OH is 1. The summed E-state index contributed by atoms with van der Waals surface area (Å²) in [5.74, 6) is -0.289. The van der Waals surface area contributed by atoms with Crippen molar-refractivity contribution in [1.82, 2.24) is 4.98 Å². The molecule has 3 rings (SSSR count).